The van der Waals surface area contributed by atoms with E-state index in [1.54, 1.807) is 18.5 Å². The number of carbonyl (C=O) groups excluding carboxylic acids is 1. The second kappa shape index (κ2) is 6.50. The number of aliphatic imine (C=N–C) groups is 1. The monoisotopic (exact) mass is 304 g/mol. The molecule has 1 aromatic heterocycles. The molecule has 2 aliphatic rings. The molecule has 1 fully saturated rings. The van der Waals surface area contributed by atoms with Gasteiger partial charge in [-0.3, -0.25) is 19.5 Å². The molecule has 7 heteroatoms. The van der Waals surface area contributed by atoms with Crippen LogP contribution in [0.15, 0.2) is 17.3 Å². The van der Waals surface area contributed by atoms with Crippen LogP contribution >= 0.6 is 0 Å². The molecule has 2 N–H and O–H groups in total. The first-order chi connectivity index (χ1) is 10.6. The molecule has 0 saturated carbocycles. The van der Waals surface area contributed by atoms with Gasteiger partial charge in [0.25, 0.3) is 0 Å². The third-order valence-electron chi connectivity index (χ3n) is 4.37. The van der Waals surface area contributed by atoms with E-state index in [0.29, 0.717) is 12.2 Å². The van der Waals surface area contributed by atoms with Crippen molar-refractivity contribution in [2.45, 2.75) is 6.42 Å². The number of primary amides is 1. The molecule has 22 heavy (non-hydrogen) atoms. The smallest absolute Gasteiger partial charge is 0.250 e. The van der Waals surface area contributed by atoms with Gasteiger partial charge >= 0.3 is 0 Å². The lowest BCUT2D eigenvalue weighted by molar-refractivity contribution is 0.1000. The van der Waals surface area contributed by atoms with Gasteiger partial charge in [-0.05, 0) is 26.1 Å². The molecule has 7 nitrogen and oxygen atoms in total. The summed E-state index contributed by atoms with van der Waals surface area (Å²) < 4.78 is 2.00. The van der Waals surface area contributed by atoms with E-state index in [9.17, 15) is 4.79 Å². The number of aromatic nitrogens is 1. The Morgan fingerprint density at radius 1 is 1.27 bits per heavy atom. The van der Waals surface area contributed by atoms with Crippen LogP contribution in [-0.4, -0.2) is 79.6 Å². The molecule has 0 bridgehead atoms. The largest absolute Gasteiger partial charge is 0.366 e. The number of nitrogens with two attached hydrogens (primary N) is 1. The van der Waals surface area contributed by atoms with Gasteiger partial charge in [-0.25, -0.2) is 0 Å². The summed E-state index contributed by atoms with van der Waals surface area (Å²) in [6.45, 7) is 7.25. The fourth-order valence-electron chi connectivity index (χ4n) is 2.97. The summed E-state index contributed by atoms with van der Waals surface area (Å²) in [5.41, 5.74) is 6.81. The van der Waals surface area contributed by atoms with Crippen molar-refractivity contribution in [3.8, 4) is 0 Å². The molecular weight excluding hydrogens is 280 g/mol. The van der Waals surface area contributed by atoms with Crippen molar-refractivity contribution in [2.24, 2.45) is 10.7 Å². The minimum atomic E-state index is -0.396. The van der Waals surface area contributed by atoms with E-state index in [2.05, 4.69) is 26.8 Å². The molecule has 0 atom stereocenters. The van der Waals surface area contributed by atoms with E-state index in [1.807, 2.05) is 4.68 Å². The van der Waals surface area contributed by atoms with Crippen molar-refractivity contribution < 1.29 is 4.79 Å². The number of hydrogen-bond acceptors (Lipinski definition) is 5. The Kier molecular flexibility index (Phi) is 4.44. The second-order valence-corrected chi connectivity index (χ2v) is 6.04. The first-order valence-electron chi connectivity index (χ1n) is 7.81. The standard InChI is InChI=1S/C15H24N6O/c1-18-5-7-19(8-6-18)3-2-4-20-12-17-10-14-9-13(15(16)22)11-21(14)20/h9-11H,2-8,12H2,1H3,(H2,16,22). The van der Waals surface area contributed by atoms with Crippen LogP contribution in [0.3, 0.4) is 0 Å². The number of likely N-dealkylation sites (N-methyl/N-ethyl adjacent to an activating group) is 1. The van der Waals surface area contributed by atoms with Gasteiger partial charge in [0, 0.05) is 45.1 Å². The number of fused-ring (bicyclic) bond motifs is 1. The van der Waals surface area contributed by atoms with Gasteiger partial charge in [0.1, 0.15) is 6.67 Å². The highest BCUT2D eigenvalue weighted by Crippen LogP contribution is 2.11. The van der Waals surface area contributed by atoms with Gasteiger partial charge in [-0.2, -0.15) is 0 Å². The average molecular weight is 304 g/mol. The molecule has 0 aromatic carbocycles. The van der Waals surface area contributed by atoms with E-state index in [0.717, 1.165) is 51.4 Å². The first kappa shape index (κ1) is 15.1. The topological polar surface area (TPSA) is 70.1 Å². The minimum Gasteiger partial charge on any atom is -0.366 e. The minimum absolute atomic E-state index is 0.396. The van der Waals surface area contributed by atoms with Crippen LogP contribution in [0.5, 0.6) is 0 Å². The highest BCUT2D eigenvalue weighted by molar-refractivity contribution is 5.95. The van der Waals surface area contributed by atoms with E-state index >= 15 is 0 Å². The fourth-order valence-corrected chi connectivity index (χ4v) is 2.97. The van der Waals surface area contributed by atoms with E-state index in [1.165, 1.54) is 0 Å². The molecule has 0 aliphatic carbocycles. The Bertz CT molecular complexity index is 558. The van der Waals surface area contributed by atoms with Gasteiger partial charge in [0.05, 0.1) is 11.3 Å². The number of carbonyl (C=O) groups is 1. The van der Waals surface area contributed by atoms with Crippen LogP contribution in [0.1, 0.15) is 22.5 Å². The van der Waals surface area contributed by atoms with Crippen LogP contribution in [0.2, 0.25) is 0 Å². The molecule has 0 radical (unpaired) electrons. The van der Waals surface area contributed by atoms with Crippen molar-refractivity contribution in [1.29, 1.82) is 0 Å². The molecule has 120 valence electrons. The zero-order valence-corrected chi connectivity index (χ0v) is 13.1. The van der Waals surface area contributed by atoms with Crippen molar-refractivity contribution in [2.75, 3.05) is 58.0 Å². The number of nitrogens with zero attached hydrogens (tertiary/aromatic N) is 5. The summed E-state index contributed by atoms with van der Waals surface area (Å²) in [6, 6.07) is 1.79. The molecule has 1 amide bonds. The maximum atomic E-state index is 11.3. The van der Waals surface area contributed by atoms with Crippen molar-refractivity contribution in [3.05, 3.63) is 23.5 Å². The fraction of sp³-hybridized carbons (Fsp3) is 0.600. The predicted molar refractivity (Wildman–Crippen MR) is 87.0 cm³/mol. The molecular formula is C15H24N6O. The summed E-state index contributed by atoms with van der Waals surface area (Å²) in [5.74, 6) is -0.396. The Labute approximate surface area is 130 Å². The third-order valence-corrected chi connectivity index (χ3v) is 4.37. The van der Waals surface area contributed by atoms with E-state index in [4.69, 9.17) is 5.73 Å². The van der Waals surface area contributed by atoms with Gasteiger partial charge in [0.2, 0.25) is 5.91 Å². The molecule has 0 spiro atoms. The summed E-state index contributed by atoms with van der Waals surface area (Å²) in [6.07, 6.45) is 4.69. The van der Waals surface area contributed by atoms with Gasteiger partial charge in [-0.1, -0.05) is 0 Å². The zero-order valence-electron chi connectivity index (χ0n) is 13.1. The van der Waals surface area contributed by atoms with E-state index in [-0.39, 0.29) is 0 Å². The average Bonchev–Trinajstić information content (AvgIpc) is 2.94. The summed E-state index contributed by atoms with van der Waals surface area (Å²) >= 11 is 0. The highest BCUT2D eigenvalue weighted by Gasteiger charge is 2.17. The first-order valence-corrected chi connectivity index (χ1v) is 7.81. The van der Waals surface area contributed by atoms with Crippen LogP contribution in [0.4, 0.5) is 0 Å². The second-order valence-electron chi connectivity index (χ2n) is 6.04. The predicted octanol–water partition coefficient (Wildman–Crippen LogP) is -0.447. The third kappa shape index (κ3) is 3.31. The Morgan fingerprint density at radius 3 is 2.77 bits per heavy atom. The van der Waals surface area contributed by atoms with Gasteiger partial charge < -0.3 is 15.5 Å². The lowest BCUT2D eigenvalue weighted by atomic mass is 10.3. The van der Waals surface area contributed by atoms with Gasteiger partial charge in [-0.15, -0.1) is 0 Å². The van der Waals surface area contributed by atoms with Gasteiger partial charge in [0.15, 0.2) is 0 Å². The maximum Gasteiger partial charge on any atom is 0.250 e. The Hall–Kier alpha value is -1.86. The lowest BCUT2D eigenvalue weighted by Gasteiger charge is -2.33. The van der Waals surface area contributed by atoms with Crippen molar-refractivity contribution >= 4 is 12.1 Å². The quantitative estimate of drug-likeness (QED) is 0.800. The molecule has 1 saturated heterocycles. The maximum absolute atomic E-state index is 11.3. The SMILES string of the molecule is CN1CCN(CCCN2CN=Cc3cc(C(N)=O)cn32)CC1. The highest BCUT2D eigenvalue weighted by atomic mass is 16.1. The summed E-state index contributed by atoms with van der Waals surface area (Å²) in [5, 5.41) is 2.15. The van der Waals surface area contributed by atoms with Crippen LogP contribution in [0.25, 0.3) is 0 Å². The number of amides is 1. The molecule has 3 heterocycles. The Balaban J connectivity index is 1.53. The molecule has 0 unspecified atom stereocenters. The Morgan fingerprint density at radius 2 is 2.05 bits per heavy atom. The normalized spacial score (nSPS) is 19.4. The number of piperazine rings is 1. The molecule has 1 aromatic rings. The van der Waals surface area contributed by atoms with Crippen molar-refractivity contribution in [3.63, 3.8) is 0 Å². The van der Waals surface area contributed by atoms with Crippen LogP contribution < -0.4 is 10.7 Å². The van der Waals surface area contributed by atoms with Crippen molar-refractivity contribution in [1.82, 2.24) is 14.5 Å². The zero-order chi connectivity index (χ0) is 15.5. The lowest BCUT2D eigenvalue weighted by Crippen LogP contribution is -2.46. The number of hydrogen-bond donors (Lipinski definition) is 1. The van der Waals surface area contributed by atoms with Crippen LogP contribution in [-0.2, 0) is 0 Å². The number of rotatable bonds is 5. The van der Waals surface area contributed by atoms with E-state index < -0.39 is 5.91 Å². The molecule has 3 rings (SSSR count). The van der Waals surface area contributed by atoms with Crippen LogP contribution in [0, 0.1) is 0 Å². The summed E-state index contributed by atoms with van der Waals surface area (Å²) in [7, 11) is 2.17. The summed E-state index contributed by atoms with van der Waals surface area (Å²) in [4.78, 5) is 20.5. The molecule has 2 aliphatic heterocycles.